The summed E-state index contributed by atoms with van der Waals surface area (Å²) in [5.74, 6) is -0.120. The molecule has 0 radical (unpaired) electrons. The van der Waals surface area contributed by atoms with E-state index in [1.54, 1.807) is 6.07 Å². The second-order valence-corrected chi connectivity index (χ2v) is 8.54. The number of aryl methyl sites for hydroxylation is 1. The topological polar surface area (TPSA) is 106 Å². The van der Waals surface area contributed by atoms with Crippen molar-refractivity contribution in [3.05, 3.63) is 82.7 Å². The summed E-state index contributed by atoms with van der Waals surface area (Å²) in [6, 6.07) is 12.1. The number of aromatic nitrogens is 1. The molecule has 0 unspecified atom stereocenters. The second-order valence-electron chi connectivity index (χ2n) is 8.54. The van der Waals surface area contributed by atoms with Crippen LogP contribution in [0.5, 0.6) is 11.5 Å². The predicted octanol–water partition coefficient (Wildman–Crippen LogP) is 4.45. The van der Waals surface area contributed by atoms with E-state index < -0.39 is 17.7 Å². The number of nitrogens with zero attached hydrogens (tertiary/aromatic N) is 1. The quantitative estimate of drug-likeness (QED) is 0.466. The van der Waals surface area contributed by atoms with Crippen molar-refractivity contribution in [2.45, 2.75) is 32.0 Å². The molecule has 4 rings (SSSR count). The van der Waals surface area contributed by atoms with E-state index in [0.717, 1.165) is 23.3 Å². The normalized spacial score (nSPS) is 15.1. The summed E-state index contributed by atoms with van der Waals surface area (Å²) in [5.41, 5.74) is 7.27. The average Bonchev–Trinajstić information content (AvgIpc) is 2.87. The Kier molecular flexibility index (Phi) is 7.25. The standard InChI is InChI=1S/C26H25F3N4O3/c1-31-25(35)23-13-22(6-7-32-23)36-21-5-4-16-2-3-17(10-18(16)11-21)24(34)33-20-9-15(14-30)8-19(12-20)26(27,28)29/h4-9,11-13,17H,2-3,10,14,30H2,1H3,(H,31,35)(H,33,34)/t17-/m0/s1. The van der Waals surface area contributed by atoms with E-state index in [-0.39, 0.29) is 35.3 Å². The first-order chi connectivity index (χ1) is 17.2. The fraction of sp³-hybridized carbons (Fsp3) is 0.269. The van der Waals surface area contributed by atoms with Gasteiger partial charge in [-0.15, -0.1) is 0 Å². The van der Waals surface area contributed by atoms with E-state index in [2.05, 4.69) is 15.6 Å². The Morgan fingerprint density at radius 2 is 1.86 bits per heavy atom. The molecule has 1 atom stereocenters. The zero-order valence-corrected chi connectivity index (χ0v) is 19.5. The van der Waals surface area contributed by atoms with Gasteiger partial charge in [0.15, 0.2) is 0 Å². The first-order valence-corrected chi connectivity index (χ1v) is 11.4. The summed E-state index contributed by atoms with van der Waals surface area (Å²) in [6.07, 6.45) is -1.42. The monoisotopic (exact) mass is 498 g/mol. The van der Waals surface area contributed by atoms with Crippen molar-refractivity contribution in [2.75, 3.05) is 12.4 Å². The van der Waals surface area contributed by atoms with Crippen molar-refractivity contribution in [1.29, 1.82) is 0 Å². The third kappa shape index (κ3) is 5.83. The molecule has 2 aromatic carbocycles. The van der Waals surface area contributed by atoms with E-state index in [4.69, 9.17) is 10.5 Å². The van der Waals surface area contributed by atoms with Crippen molar-refractivity contribution in [1.82, 2.24) is 10.3 Å². The molecule has 10 heteroatoms. The van der Waals surface area contributed by atoms with Gasteiger partial charge in [0, 0.05) is 37.5 Å². The molecule has 2 amide bonds. The number of benzene rings is 2. The van der Waals surface area contributed by atoms with Gasteiger partial charge in [-0.05, 0) is 72.4 Å². The van der Waals surface area contributed by atoms with Gasteiger partial charge in [-0.2, -0.15) is 13.2 Å². The van der Waals surface area contributed by atoms with Gasteiger partial charge >= 0.3 is 6.18 Å². The van der Waals surface area contributed by atoms with Crippen molar-refractivity contribution >= 4 is 17.5 Å². The minimum Gasteiger partial charge on any atom is -0.457 e. The zero-order valence-electron chi connectivity index (χ0n) is 19.5. The molecule has 0 spiro atoms. The molecule has 7 nitrogen and oxygen atoms in total. The van der Waals surface area contributed by atoms with Gasteiger partial charge in [0.05, 0.1) is 5.56 Å². The molecule has 3 aromatic rings. The lowest BCUT2D eigenvalue weighted by Gasteiger charge is -2.25. The molecule has 188 valence electrons. The number of rotatable bonds is 6. The van der Waals surface area contributed by atoms with Gasteiger partial charge in [-0.3, -0.25) is 14.6 Å². The number of halogens is 3. The summed E-state index contributed by atoms with van der Waals surface area (Å²) in [6.45, 7) is -0.0749. The summed E-state index contributed by atoms with van der Waals surface area (Å²) in [4.78, 5) is 28.8. The Morgan fingerprint density at radius 3 is 2.58 bits per heavy atom. The fourth-order valence-electron chi connectivity index (χ4n) is 4.17. The van der Waals surface area contributed by atoms with Crippen LogP contribution in [0.25, 0.3) is 0 Å². The minimum atomic E-state index is -4.54. The number of hydrogen-bond donors (Lipinski definition) is 3. The minimum absolute atomic E-state index is 0.0720. The number of carbonyl (C=O) groups is 2. The molecule has 1 aliphatic carbocycles. The summed E-state index contributed by atoms with van der Waals surface area (Å²) in [5, 5.41) is 5.14. The highest BCUT2D eigenvalue weighted by atomic mass is 19.4. The third-order valence-electron chi connectivity index (χ3n) is 6.03. The highest BCUT2D eigenvalue weighted by molar-refractivity contribution is 5.93. The SMILES string of the molecule is CNC(=O)c1cc(Oc2ccc3c(c2)C[C@@H](C(=O)Nc2cc(CN)cc(C(F)(F)F)c2)CC3)ccn1. The van der Waals surface area contributed by atoms with Gasteiger partial charge in [0.2, 0.25) is 5.91 Å². The zero-order chi connectivity index (χ0) is 25.9. The Morgan fingerprint density at radius 1 is 1.08 bits per heavy atom. The van der Waals surface area contributed by atoms with E-state index in [0.29, 0.717) is 30.8 Å². The van der Waals surface area contributed by atoms with E-state index in [1.807, 2.05) is 18.2 Å². The largest absolute Gasteiger partial charge is 0.457 e. The molecule has 0 aliphatic heterocycles. The number of fused-ring (bicyclic) bond motifs is 1. The number of nitrogens with two attached hydrogens (primary N) is 1. The molecular formula is C26H25F3N4O3. The Balaban J connectivity index is 1.48. The van der Waals surface area contributed by atoms with Gasteiger partial charge in [0.25, 0.3) is 5.91 Å². The van der Waals surface area contributed by atoms with Crippen LogP contribution in [0.4, 0.5) is 18.9 Å². The molecule has 0 fully saturated rings. The third-order valence-corrected chi connectivity index (χ3v) is 6.03. The summed E-state index contributed by atoms with van der Waals surface area (Å²) in [7, 11) is 1.51. The number of pyridine rings is 1. The lowest BCUT2D eigenvalue weighted by atomic mass is 9.83. The Bertz CT molecular complexity index is 1290. The van der Waals surface area contributed by atoms with Crippen LogP contribution < -0.4 is 21.1 Å². The number of carbonyl (C=O) groups excluding carboxylic acids is 2. The van der Waals surface area contributed by atoms with E-state index in [1.165, 1.54) is 25.4 Å². The van der Waals surface area contributed by atoms with E-state index >= 15 is 0 Å². The van der Waals surface area contributed by atoms with Crippen molar-refractivity contribution in [2.24, 2.45) is 11.7 Å². The lowest BCUT2D eigenvalue weighted by Crippen LogP contribution is -2.28. The molecule has 0 bridgehead atoms. The molecule has 0 saturated carbocycles. The maximum absolute atomic E-state index is 13.2. The van der Waals surface area contributed by atoms with Gasteiger partial charge in [-0.1, -0.05) is 6.07 Å². The van der Waals surface area contributed by atoms with Crippen LogP contribution in [0.2, 0.25) is 0 Å². The number of alkyl halides is 3. The number of ether oxygens (including phenoxy) is 1. The maximum atomic E-state index is 13.2. The number of hydrogen-bond acceptors (Lipinski definition) is 5. The lowest BCUT2D eigenvalue weighted by molar-refractivity contribution is -0.137. The van der Waals surface area contributed by atoms with Crippen LogP contribution in [-0.2, 0) is 30.4 Å². The molecule has 0 saturated heterocycles. The molecule has 36 heavy (non-hydrogen) atoms. The molecule has 1 aliphatic rings. The van der Waals surface area contributed by atoms with Crippen LogP contribution in [-0.4, -0.2) is 23.8 Å². The highest BCUT2D eigenvalue weighted by Crippen LogP contribution is 2.34. The molecule has 1 aromatic heterocycles. The molecule has 1 heterocycles. The van der Waals surface area contributed by atoms with Crippen molar-refractivity contribution < 1.29 is 27.5 Å². The average molecular weight is 499 g/mol. The van der Waals surface area contributed by atoms with Crippen LogP contribution in [0.15, 0.2) is 54.7 Å². The highest BCUT2D eigenvalue weighted by Gasteiger charge is 2.32. The predicted molar refractivity (Wildman–Crippen MR) is 128 cm³/mol. The van der Waals surface area contributed by atoms with Gasteiger partial charge < -0.3 is 21.1 Å². The molecular weight excluding hydrogens is 473 g/mol. The van der Waals surface area contributed by atoms with Crippen LogP contribution in [0, 0.1) is 5.92 Å². The van der Waals surface area contributed by atoms with Crippen LogP contribution in [0.1, 0.15) is 39.2 Å². The molecule has 4 N–H and O–H groups in total. The van der Waals surface area contributed by atoms with Gasteiger partial charge in [0.1, 0.15) is 17.2 Å². The van der Waals surface area contributed by atoms with Gasteiger partial charge in [-0.25, -0.2) is 0 Å². The number of anilines is 1. The smallest absolute Gasteiger partial charge is 0.416 e. The second kappa shape index (κ2) is 10.4. The summed E-state index contributed by atoms with van der Waals surface area (Å²) >= 11 is 0. The fourth-order valence-corrected chi connectivity index (χ4v) is 4.17. The van der Waals surface area contributed by atoms with Crippen LogP contribution in [0.3, 0.4) is 0 Å². The Hall–Kier alpha value is -3.92. The van der Waals surface area contributed by atoms with E-state index in [9.17, 15) is 22.8 Å². The van der Waals surface area contributed by atoms with Crippen molar-refractivity contribution in [3.8, 4) is 11.5 Å². The van der Waals surface area contributed by atoms with Crippen molar-refractivity contribution in [3.63, 3.8) is 0 Å². The number of amides is 2. The first-order valence-electron chi connectivity index (χ1n) is 11.4. The number of nitrogens with one attached hydrogen (secondary N) is 2. The first kappa shape index (κ1) is 25.2. The maximum Gasteiger partial charge on any atom is 0.416 e. The van der Waals surface area contributed by atoms with Crippen LogP contribution >= 0.6 is 0 Å². The Labute approximate surface area is 205 Å². The summed E-state index contributed by atoms with van der Waals surface area (Å²) < 4.78 is 45.6.